The molecule has 0 atom stereocenters. The number of nitrogen functional groups attached to an aromatic ring is 1. The first kappa shape index (κ1) is 10.4. The Kier molecular flexibility index (Phi) is 2.41. The molecule has 0 saturated heterocycles. The van der Waals surface area contributed by atoms with E-state index in [0.717, 1.165) is 32.5 Å². The minimum atomic E-state index is 0.757. The van der Waals surface area contributed by atoms with Crippen molar-refractivity contribution in [1.29, 1.82) is 0 Å². The predicted octanol–water partition coefficient (Wildman–Crippen LogP) is 4.44. The molecule has 0 spiro atoms. The van der Waals surface area contributed by atoms with Crippen LogP contribution in [0.5, 0.6) is 0 Å². The van der Waals surface area contributed by atoms with E-state index in [1.165, 1.54) is 0 Å². The molecule has 2 aromatic carbocycles. The second kappa shape index (κ2) is 3.93. The van der Waals surface area contributed by atoms with Crippen molar-refractivity contribution in [2.45, 2.75) is 0 Å². The van der Waals surface area contributed by atoms with E-state index in [9.17, 15) is 0 Å². The van der Waals surface area contributed by atoms with Gasteiger partial charge in [-0.25, -0.2) is 0 Å². The fourth-order valence-electron chi connectivity index (χ4n) is 1.80. The van der Waals surface area contributed by atoms with Gasteiger partial charge in [0.25, 0.3) is 0 Å². The maximum Gasteiger partial charge on any atom is 0.135 e. The van der Waals surface area contributed by atoms with Crippen molar-refractivity contribution in [3.63, 3.8) is 0 Å². The molecule has 84 valence electrons. The third-order valence-corrected chi connectivity index (χ3v) is 3.17. The van der Waals surface area contributed by atoms with Gasteiger partial charge in [-0.1, -0.05) is 15.9 Å². The van der Waals surface area contributed by atoms with Gasteiger partial charge in [0.05, 0.1) is 0 Å². The van der Waals surface area contributed by atoms with Crippen LogP contribution in [0.15, 0.2) is 57.4 Å². The molecule has 0 aliphatic carbocycles. The van der Waals surface area contributed by atoms with Gasteiger partial charge in [-0.15, -0.1) is 0 Å². The summed E-state index contributed by atoms with van der Waals surface area (Å²) >= 11 is 3.45. The van der Waals surface area contributed by atoms with Gasteiger partial charge in [0.1, 0.15) is 11.3 Å². The first-order chi connectivity index (χ1) is 8.22. The van der Waals surface area contributed by atoms with Gasteiger partial charge in [0.15, 0.2) is 0 Å². The molecular formula is C14H10BrNO. The number of fused-ring (bicyclic) bond motifs is 1. The number of hydrogen-bond acceptors (Lipinski definition) is 2. The molecule has 0 saturated carbocycles. The largest absolute Gasteiger partial charge is 0.456 e. The number of rotatable bonds is 1. The number of benzene rings is 2. The van der Waals surface area contributed by atoms with Crippen molar-refractivity contribution < 1.29 is 4.42 Å². The van der Waals surface area contributed by atoms with Gasteiger partial charge in [-0.05, 0) is 48.5 Å². The average molecular weight is 288 g/mol. The topological polar surface area (TPSA) is 39.2 Å². The molecule has 0 aliphatic rings. The zero-order chi connectivity index (χ0) is 11.8. The summed E-state index contributed by atoms with van der Waals surface area (Å²) in [6.07, 6.45) is 0. The summed E-state index contributed by atoms with van der Waals surface area (Å²) in [5.41, 5.74) is 8.34. The monoisotopic (exact) mass is 287 g/mol. The molecule has 17 heavy (non-hydrogen) atoms. The lowest BCUT2D eigenvalue weighted by Gasteiger charge is -1.96. The van der Waals surface area contributed by atoms with Gasteiger partial charge < -0.3 is 10.2 Å². The fraction of sp³-hybridized carbons (Fsp3) is 0. The van der Waals surface area contributed by atoms with Gasteiger partial charge in [-0.3, -0.25) is 0 Å². The van der Waals surface area contributed by atoms with Crippen LogP contribution < -0.4 is 5.73 Å². The summed E-state index contributed by atoms with van der Waals surface area (Å²) in [5, 5.41) is 1.09. The Morgan fingerprint density at radius 3 is 2.47 bits per heavy atom. The Morgan fingerprint density at radius 2 is 1.71 bits per heavy atom. The SMILES string of the molecule is Nc1ccc(-c2cc3cc(Br)ccc3o2)cc1. The van der Waals surface area contributed by atoms with Crippen LogP contribution in [0.3, 0.4) is 0 Å². The third kappa shape index (κ3) is 1.94. The minimum absolute atomic E-state index is 0.757. The van der Waals surface area contributed by atoms with Crippen LogP contribution in [0.25, 0.3) is 22.3 Å². The Hall–Kier alpha value is -1.74. The number of nitrogens with two attached hydrogens (primary N) is 1. The zero-order valence-electron chi connectivity index (χ0n) is 8.98. The fourth-order valence-corrected chi connectivity index (χ4v) is 2.18. The molecular weight excluding hydrogens is 278 g/mol. The average Bonchev–Trinajstić information content (AvgIpc) is 2.72. The second-order valence-corrected chi connectivity index (χ2v) is 4.83. The van der Waals surface area contributed by atoms with Crippen LogP contribution in [0.4, 0.5) is 5.69 Å². The van der Waals surface area contributed by atoms with E-state index in [-0.39, 0.29) is 0 Å². The van der Waals surface area contributed by atoms with E-state index in [1.807, 2.05) is 48.5 Å². The van der Waals surface area contributed by atoms with E-state index in [2.05, 4.69) is 15.9 Å². The molecule has 2 nitrogen and oxygen atoms in total. The summed E-state index contributed by atoms with van der Waals surface area (Å²) < 4.78 is 6.84. The van der Waals surface area contributed by atoms with Crippen molar-refractivity contribution >= 4 is 32.6 Å². The highest BCUT2D eigenvalue weighted by molar-refractivity contribution is 9.10. The Balaban J connectivity index is 2.14. The molecule has 1 aromatic heterocycles. The number of hydrogen-bond donors (Lipinski definition) is 1. The van der Waals surface area contributed by atoms with Gasteiger partial charge >= 0.3 is 0 Å². The van der Waals surface area contributed by atoms with Gasteiger partial charge in [-0.2, -0.15) is 0 Å². The van der Waals surface area contributed by atoms with Crippen LogP contribution in [0.1, 0.15) is 0 Å². The van der Waals surface area contributed by atoms with Crippen molar-refractivity contribution in [3.8, 4) is 11.3 Å². The molecule has 3 heteroatoms. The normalized spacial score (nSPS) is 10.9. The first-order valence-electron chi connectivity index (χ1n) is 5.27. The van der Waals surface area contributed by atoms with Crippen LogP contribution >= 0.6 is 15.9 Å². The molecule has 0 bridgehead atoms. The first-order valence-corrected chi connectivity index (χ1v) is 6.07. The summed E-state index contributed by atoms with van der Waals surface area (Å²) in [4.78, 5) is 0. The van der Waals surface area contributed by atoms with Gasteiger partial charge in [0.2, 0.25) is 0 Å². The predicted molar refractivity (Wildman–Crippen MR) is 73.8 cm³/mol. The lowest BCUT2D eigenvalue weighted by atomic mass is 10.1. The maximum atomic E-state index is 5.79. The highest BCUT2D eigenvalue weighted by atomic mass is 79.9. The van der Waals surface area contributed by atoms with Crippen LogP contribution in [-0.2, 0) is 0 Å². The minimum Gasteiger partial charge on any atom is -0.456 e. The molecule has 0 fully saturated rings. The molecule has 0 unspecified atom stereocenters. The lowest BCUT2D eigenvalue weighted by molar-refractivity contribution is 0.631. The molecule has 3 aromatic rings. The highest BCUT2D eigenvalue weighted by Gasteiger charge is 2.06. The highest BCUT2D eigenvalue weighted by Crippen LogP contribution is 2.29. The van der Waals surface area contributed by atoms with Crippen molar-refractivity contribution in [1.82, 2.24) is 0 Å². The molecule has 2 N–H and O–H groups in total. The summed E-state index contributed by atoms with van der Waals surface area (Å²) in [7, 11) is 0. The third-order valence-electron chi connectivity index (χ3n) is 2.67. The number of anilines is 1. The van der Waals surface area contributed by atoms with E-state index in [4.69, 9.17) is 10.2 Å². The quantitative estimate of drug-likeness (QED) is 0.672. The Bertz CT molecular complexity index is 670. The van der Waals surface area contributed by atoms with E-state index < -0.39 is 0 Å². The number of furan rings is 1. The van der Waals surface area contributed by atoms with Crippen LogP contribution in [0.2, 0.25) is 0 Å². The standard InChI is InChI=1S/C14H10BrNO/c15-11-3-6-13-10(7-11)8-14(17-13)9-1-4-12(16)5-2-9/h1-8H,16H2. The summed E-state index contributed by atoms with van der Waals surface area (Å²) in [6.45, 7) is 0. The second-order valence-electron chi connectivity index (χ2n) is 3.91. The van der Waals surface area contributed by atoms with Crippen molar-refractivity contribution in [2.75, 3.05) is 5.73 Å². The molecule has 0 radical (unpaired) electrons. The van der Waals surface area contributed by atoms with Crippen molar-refractivity contribution in [2.24, 2.45) is 0 Å². The molecule has 3 rings (SSSR count). The lowest BCUT2D eigenvalue weighted by Crippen LogP contribution is -1.82. The van der Waals surface area contributed by atoms with Crippen LogP contribution in [0, 0.1) is 0 Å². The summed E-state index contributed by atoms with van der Waals surface area (Å²) in [6, 6.07) is 15.7. The van der Waals surface area contributed by atoms with E-state index in [1.54, 1.807) is 0 Å². The Morgan fingerprint density at radius 1 is 0.941 bits per heavy atom. The Labute approximate surface area is 107 Å². The molecule has 0 amide bonds. The smallest absolute Gasteiger partial charge is 0.135 e. The maximum absolute atomic E-state index is 5.79. The van der Waals surface area contributed by atoms with Gasteiger partial charge in [0, 0.05) is 21.1 Å². The molecule has 0 aliphatic heterocycles. The van der Waals surface area contributed by atoms with E-state index in [0.29, 0.717) is 0 Å². The summed E-state index contributed by atoms with van der Waals surface area (Å²) in [5.74, 6) is 0.859. The van der Waals surface area contributed by atoms with Crippen molar-refractivity contribution in [3.05, 3.63) is 53.0 Å². The zero-order valence-corrected chi connectivity index (χ0v) is 10.6. The number of halogens is 1. The van der Waals surface area contributed by atoms with E-state index >= 15 is 0 Å². The van der Waals surface area contributed by atoms with Crippen LogP contribution in [-0.4, -0.2) is 0 Å². The molecule has 1 heterocycles.